The van der Waals surface area contributed by atoms with Crippen molar-refractivity contribution in [3.05, 3.63) is 47.9 Å². The van der Waals surface area contributed by atoms with Gasteiger partial charge in [-0.05, 0) is 32.0 Å². The van der Waals surface area contributed by atoms with Crippen molar-refractivity contribution in [2.24, 2.45) is 10.2 Å². The monoisotopic (exact) mass is 306 g/mol. The van der Waals surface area contributed by atoms with Crippen LogP contribution in [-0.4, -0.2) is 20.2 Å². The molecule has 0 saturated carbocycles. The number of rotatable bonds is 3. The van der Waals surface area contributed by atoms with E-state index in [1.165, 1.54) is 0 Å². The van der Waals surface area contributed by atoms with Crippen molar-refractivity contribution in [2.45, 2.75) is 19.9 Å². The van der Waals surface area contributed by atoms with Gasteiger partial charge < -0.3 is 9.40 Å². The third-order valence-electron chi connectivity index (χ3n) is 3.60. The number of hydrogen-bond acceptors (Lipinski definition) is 6. The molecule has 114 valence electrons. The molecule has 0 bridgehead atoms. The Morgan fingerprint density at radius 1 is 1.13 bits per heavy atom. The number of aromatic nitrogens is 4. The summed E-state index contributed by atoms with van der Waals surface area (Å²) in [6, 6.07) is 11.4. The molecule has 0 aliphatic heterocycles. The highest BCUT2D eigenvalue weighted by Gasteiger charge is 2.10. The normalized spacial score (nSPS) is 13.3. The van der Waals surface area contributed by atoms with Crippen LogP contribution in [0.15, 0.2) is 51.0 Å². The molecule has 4 rings (SSSR count). The molecule has 4 aromatic rings. The van der Waals surface area contributed by atoms with Crippen molar-refractivity contribution in [3.63, 3.8) is 0 Å². The Balaban J connectivity index is 1.66. The number of aromatic amines is 1. The van der Waals surface area contributed by atoms with Gasteiger partial charge in [-0.2, -0.15) is 10.1 Å². The lowest BCUT2D eigenvalue weighted by molar-refractivity contribution is 0.453. The highest BCUT2D eigenvalue weighted by molar-refractivity contribution is 6.03. The first-order valence-electron chi connectivity index (χ1n) is 7.29. The van der Waals surface area contributed by atoms with Gasteiger partial charge in [0, 0.05) is 10.9 Å². The minimum atomic E-state index is -0.203. The third-order valence-corrected chi connectivity index (χ3v) is 3.60. The number of hydrogen-bond donors (Lipinski definition) is 1. The van der Waals surface area contributed by atoms with Gasteiger partial charge in [-0.3, -0.25) is 0 Å². The summed E-state index contributed by atoms with van der Waals surface area (Å²) < 4.78 is 5.53. The molecule has 0 aliphatic carbocycles. The van der Waals surface area contributed by atoms with E-state index in [1.807, 2.05) is 50.2 Å². The molecule has 1 unspecified atom stereocenters. The van der Waals surface area contributed by atoms with Crippen LogP contribution in [0.1, 0.15) is 24.5 Å². The largest absolute Gasteiger partial charge is 0.464 e. The average molecular weight is 306 g/mol. The third kappa shape index (κ3) is 2.46. The standard InChI is InChI=1S/C16H14N6O/c1-9-7-8-13(23-9)10(2)19-21-16-18-15-14(20-22-16)11-5-3-4-6-12(11)17-15/h3-8,10H,1-2H3,(H,17,18,22). The van der Waals surface area contributed by atoms with Gasteiger partial charge in [0.25, 0.3) is 5.95 Å². The van der Waals surface area contributed by atoms with Crippen molar-refractivity contribution in [2.75, 3.05) is 0 Å². The summed E-state index contributed by atoms with van der Waals surface area (Å²) >= 11 is 0. The lowest BCUT2D eigenvalue weighted by Gasteiger charge is -1.99. The smallest absolute Gasteiger partial charge is 0.289 e. The maximum absolute atomic E-state index is 5.53. The molecule has 7 nitrogen and oxygen atoms in total. The van der Waals surface area contributed by atoms with Crippen LogP contribution in [0.3, 0.4) is 0 Å². The average Bonchev–Trinajstić information content (AvgIpc) is 3.15. The highest BCUT2D eigenvalue weighted by Crippen LogP contribution is 2.24. The van der Waals surface area contributed by atoms with Crippen LogP contribution in [-0.2, 0) is 0 Å². The van der Waals surface area contributed by atoms with Gasteiger partial charge in [-0.1, -0.05) is 18.2 Å². The summed E-state index contributed by atoms with van der Waals surface area (Å²) in [6.07, 6.45) is 0. The molecule has 1 atom stereocenters. The summed E-state index contributed by atoms with van der Waals surface area (Å²) in [5.41, 5.74) is 2.35. The second-order valence-corrected chi connectivity index (χ2v) is 5.32. The fourth-order valence-corrected chi connectivity index (χ4v) is 2.43. The van der Waals surface area contributed by atoms with Gasteiger partial charge in [0.15, 0.2) is 5.65 Å². The van der Waals surface area contributed by atoms with E-state index in [2.05, 4.69) is 30.4 Å². The van der Waals surface area contributed by atoms with Gasteiger partial charge >= 0.3 is 0 Å². The van der Waals surface area contributed by atoms with E-state index >= 15 is 0 Å². The molecular weight excluding hydrogens is 292 g/mol. The number of H-pyrrole nitrogens is 1. The SMILES string of the molecule is Cc1ccc(C(C)N=Nc2nnc3c(n2)[nH]c2ccccc23)o1. The number of furan rings is 1. The zero-order valence-corrected chi connectivity index (χ0v) is 12.7. The zero-order valence-electron chi connectivity index (χ0n) is 12.7. The molecule has 1 N–H and O–H groups in total. The number of para-hydroxylation sites is 1. The Kier molecular flexibility index (Phi) is 3.11. The summed E-state index contributed by atoms with van der Waals surface area (Å²) in [7, 11) is 0. The molecule has 0 fully saturated rings. The molecule has 0 saturated heterocycles. The van der Waals surface area contributed by atoms with Crippen LogP contribution < -0.4 is 0 Å². The number of nitrogens with zero attached hydrogens (tertiary/aromatic N) is 5. The van der Waals surface area contributed by atoms with Gasteiger partial charge in [0.2, 0.25) is 0 Å². The Morgan fingerprint density at radius 2 is 2.00 bits per heavy atom. The zero-order chi connectivity index (χ0) is 15.8. The first-order valence-corrected chi connectivity index (χ1v) is 7.29. The molecule has 0 spiro atoms. The lowest BCUT2D eigenvalue weighted by Crippen LogP contribution is -1.88. The van der Waals surface area contributed by atoms with Crippen molar-refractivity contribution in [1.82, 2.24) is 20.2 Å². The number of aryl methyl sites for hydroxylation is 1. The predicted octanol–water partition coefficient (Wildman–Crippen LogP) is 4.25. The lowest BCUT2D eigenvalue weighted by atomic mass is 10.2. The summed E-state index contributed by atoms with van der Waals surface area (Å²) in [5.74, 6) is 1.82. The topological polar surface area (TPSA) is 92.3 Å². The van der Waals surface area contributed by atoms with Crippen LogP contribution in [0.25, 0.3) is 22.1 Å². The van der Waals surface area contributed by atoms with Crippen molar-refractivity contribution >= 4 is 28.0 Å². The second-order valence-electron chi connectivity index (χ2n) is 5.32. The quantitative estimate of drug-likeness (QED) is 0.572. The molecule has 7 heteroatoms. The minimum absolute atomic E-state index is 0.203. The summed E-state index contributed by atoms with van der Waals surface area (Å²) in [6.45, 7) is 3.79. The van der Waals surface area contributed by atoms with Crippen molar-refractivity contribution < 1.29 is 4.42 Å². The molecule has 23 heavy (non-hydrogen) atoms. The second kappa shape index (κ2) is 5.28. The van der Waals surface area contributed by atoms with Crippen molar-refractivity contribution in [1.29, 1.82) is 0 Å². The van der Waals surface area contributed by atoms with Gasteiger partial charge in [-0.25, -0.2) is 0 Å². The predicted molar refractivity (Wildman–Crippen MR) is 85.6 cm³/mol. The van der Waals surface area contributed by atoms with Crippen LogP contribution >= 0.6 is 0 Å². The molecular formula is C16H14N6O. The number of benzene rings is 1. The fraction of sp³-hybridized carbons (Fsp3) is 0.188. The molecule has 3 aromatic heterocycles. The number of azo groups is 1. The van der Waals surface area contributed by atoms with Gasteiger partial charge in [0.1, 0.15) is 23.1 Å². The first-order chi connectivity index (χ1) is 11.2. The van der Waals surface area contributed by atoms with Crippen molar-refractivity contribution in [3.8, 4) is 0 Å². The van der Waals surface area contributed by atoms with Crippen LogP contribution in [0.5, 0.6) is 0 Å². The van der Waals surface area contributed by atoms with Gasteiger partial charge in [-0.15, -0.1) is 15.3 Å². The molecule has 0 amide bonds. The van der Waals surface area contributed by atoms with E-state index < -0.39 is 0 Å². The van der Waals surface area contributed by atoms with E-state index in [4.69, 9.17) is 4.42 Å². The molecule has 0 aliphatic rings. The van der Waals surface area contributed by atoms with E-state index in [0.717, 1.165) is 27.9 Å². The highest BCUT2D eigenvalue weighted by atomic mass is 16.3. The van der Waals surface area contributed by atoms with E-state index in [-0.39, 0.29) is 12.0 Å². The molecule has 1 aromatic carbocycles. The van der Waals surface area contributed by atoms with Crippen LogP contribution in [0.2, 0.25) is 0 Å². The number of nitrogens with one attached hydrogen (secondary N) is 1. The fourth-order valence-electron chi connectivity index (χ4n) is 2.43. The Bertz CT molecular complexity index is 1020. The Morgan fingerprint density at radius 3 is 2.83 bits per heavy atom. The minimum Gasteiger partial charge on any atom is -0.464 e. The van der Waals surface area contributed by atoms with E-state index in [9.17, 15) is 0 Å². The van der Waals surface area contributed by atoms with Crippen LogP contribution in [0.4, 0.5) is 5.95 Å². The van der Waals surface area contributed by atoms with E-state index in [1.54, 1.807) is 0 Å². The Hall–Kier alpha value is -3.09. The maximum Gasteiger partial charge on any atom is 0.289 e. The number of fused-ring (bicyclic) bond motifs is 3. The molecule has 0 radical (unpaired) electrons. The summed E-state index contributed by atoms with van der Waals surface area (Å²) in [5, 5.41) is 17.5. The first kappa shape index (κ1) is 13.6. The summed E-state index contributed by atoms with van der Waals surface area (Å²) in [4.78, 5) is 7.57. The molecule has 3 heterocycles. The Labute approximate surface area is 131 Å². The maximum atomic E-state index is 5.53. The van der Waals surface area contributed by atoms with E-state index in [0.29, 0.717) is 5.65 Å². The van der Waals surface area contributed by atoms with Crippen LogP contribution in [0, 0.1) is 6.92 Å². The van der Waals surface area contributed by atoms with Gasteiger partial charge in [0.05, 0.1) is 0 Å².